The number of carbonyl (C=O) groups is 2. The van der Waals surface area contributed by atoms with E-state index in [1.807, 2.05) is 30.4 Å². The molecule has 0 amide bonds. The highest BCUT2D eigenvalue weighted by Crippen LogP contribution is 2.21. The van der Waals surface area contributed by atoms with Crippen molar-refractivity contribution in [1.29, 1.82) is 0 Å². The van der Waals surface area contributed by atoms with Crippen molar-refractivity contribution in [2.75, 3.05) is 0 Å². The van der Waals surface area contributed by atoms with Crippen LogP contribution in [0, 0.1) is 0 Å². The van der Waals surface area contributed by atoms with Gasteiger partial charge in [-0.3, -0.25) is 9.59 Å². The summed E-state index contributed by atoms with van der Waals surface area (Å²) in [5.41, 5.74) is 1.68. The summed E-state index contributed by atoms with van der Waals surface area (Å²) >= 11 is 0. The Kier molecular flexibility index (Phi) is 4.40. The first-order valence-electron chi connectivity index (χ1n) is 6.11. The van der Waals surface area contributed by atoms with Crippen LogP contribution in [0.15, 0.2) is 84.1 Å². The summed E-state index contributed by atoms with van der Waals surface area (Å²) in [6, 6.07) is 0. The second-order valence-corrected chi connectivity index (χ2v) is 4.13. The molecule has 0 aliphatic heterocycles. The first-order valence-corrected chi connectivity index (χ1v) is 6.11. The third kappa shape index (κ3) is 3.75. The van der Waals surface area contributed by atoms with Crippen LogP contribution in [-0.4, -0.2) is 11.6 Å². The van der Waals surface area contributed by atoms with Gasteiger partial charge in [-0.25, -0.2) is 0 Å². The molecule has 0 atom stereocenters. The Balaban J connectivity index is 2.37. The Bertz CT molecular complexity index is 591. The maximum Gasteiger partial charge on any atom is 0.186 e. The molecule has 94 valence electrons. The van der Waals surface area contributed by atoms with E-state index in [1.54, 1.807) is 24.3 Å². The minimum absolute atomic E-state index is 0.0479. The monoisotopic (exact) mass is 250 g/mol. The second-order valence-electron chi connectivity index (χ2n) is 4.13. The van der Waals surface area contributed by atoms with Crippen LogP contribution in [0.3, 0.4) is 0 Å². The zero-order valence-electron chi connectivity index (χ0n) is 10.5. The van der Waals surface area contributed by atoms with Gasteiger partial charge in [-0.05, 0) is 30.2 Å². The van der Waals surface area contributed by atoms with Crippen LogP contribution in [-0.2, 0) is 9.59 Å². The van der Waals surface area contributed by atoms with Gasteiger partial charge in [-0.2, -0.15) is 0 Å². The highest BCUT2D eigenvalue weighted by molar-refractivity contribution is 6.08. The number of hydrogen-bond acceptors (Lipinski definition) is 2. The van der Waals surface area contributed by atoms with E-state index in [-0.39, 0.29) is 11.6 Å². The van der Waals surface area contributed by atoms with E-state index in [0.717, 1.165) is 12.0 Å². The number of carbonyl (C=O) groups excluding carboxylic acids is 2. The Hall–Kier alpha value is -2.48. The average Bonchev–Trinajstić information content (AvgIpc) is 2.44. The predicted octanol–water partition coefficient (Wildman–Crippen LogP) is 3.18. The van der Waals surface area contributed by atoms with Crippen LogP contribution in [0.25, 0.3) is 0 Å². The summed E-state index contributed by atoms with van der Waals surface area (Å²) in [5, 5.41) is 0. The molecular weight excluding hydrogens is 236 g/mol. The molecule has 0 bridgehead atoms. The molecule has 0 heterocycles. The van der Waals surface area contributed by atoms with Crippen molar-refractivity contribution >= 4 is 11.6 Å². The van der Waals surface area contributed by atoms with Gasteiger partial charge in [0.2, 0.25) is 0 Å². The van der Waals surface area contributed by atoms with Crippen molar-refractivity contribution in [2.45, 2.75) is 6.42 Å². The molecule has 0 aromatic rings. The molecule has 19 heavy (non-hydrogen) atoms. The van der Waals surface area contributed by atoms with Gasteiger partial charge in [0.15, 0.2) is 11.6 Å². The van der Waals surface area contributed by atoms with E-state index >= 15 is 0 Å². The van der Waals surface area contributed by atoms with E-state index in [4.69, 9.17) is 0 Å². The molecule has 0 fully saturated rings. The maximum absolute atomic E-state index is 12.0. The first kappa shape index (κ1) is 13.0. The summed E-state index contributed by atoms with van der Waals surface area (Å²) in [4.78, 5) is 23.4. The normalized spacial score (nSPS) is 26.9. The SMILES string of the molecule is O=C1C=C/C=C\C(=O)C2=CC=CC/C2=C/C=C\C=C/1. The predicted molar refractivity (Wildman–Crippen MR) is 76.5 cm³/mol. The smallest absolute Gasteiger partial charge is 0.186 e. The van der Waals surface area contributed by atoms with Crippen molar-refractivity contribution in [3.8, 4) is 0 Å². The molecule has 2 aliphatic rings. The van der Waals surface area contributed by atoms with E-state index < -0.39 is 0 Å². The number of hydrogen-bond donors (Lipinski definition) is 0. The largest absolute Gasteiger partial charge is 0.290 e. The molecular formula is C17H14O2. The van der Waals surface area contributed by atoms with Gasteiger partial charge < -0.3 is 0 Å². The van der Waals surface area contributed by atoms with Gasteiger partial charge in [-0.15, -0.1) is 0 Å². The van der Waals surface area contributed by atoms with Crippen LogP contribution in [0.1, 0.15) is 6.42 Å². The lowest BCUT2D eigenvalue weighted by molar-refractivity contribution is -0.111. The zero-order valence-corrected chi connectivity index (χ0v) is 10.5. The minimum Gasteiger partial charge on any atom is -0.290 e. The lowest BCUT2D eigenvalue weighted by Gasteiger charge is -2.09. The van der Waals surface area contributed by atoms with Crippen LogP contribution >= 0.6 is 0 Å². The van der Waals surface area contributed by atoms with Crippen molar-refractivity contribution in [2.24, 2.45) is 0 Å². The fourth-order valence-corrected chi connectivity index (χ4v) is 1.80. The average molecular weight is 250 g/mol. The van der Waals surface area contributed by atoms with Crippen LogP contribution < -0.4 is 0 Å². The number of fused-ring (bicyclic) bond motifs is 1. The highest BCUT2D eigenvalue weighted by Gasteiger charge is 2.11. The van der Waals surface area contributed by atoms with Gasteiger partial charge in [0, 0.05) is 5.57 Å². The molecule has 0 aromatic heterocycles. The molecule has 0 unspecified atom stereocenters. The summed E-state index contributed by atoms with van der Waals surface area (Å²) in [7, 11) is 0. The molecule has 2 aliphatic carbocycles. The Morgan fingerprint density at radius 2 is 1.47 bits per heavy atom. The first-order chi connectivity index (χ1) is 9.27. The summed E-state index contributed by atoms with van der Waals surface area (Å²) in [5.74, 6) is -0.153. The van der Waals surface area contributed by atoms with Gasteiger partial charge in [0.05, 0.1) is 0 Å². The molecule has 0 spiro atoms. The molecule has 0 saturated carbocycles. The zero-order chi connectivity index (χ0) is 13.5. The standard InChI is InChI=1S/C17H14O2/c18-15-10-3-1-2-8-14-9-4-6-12-16(14)17(19)13-7-5-11-15/h1-8,10-13H,9H2/b2-1-,10-3-,11-5?,13-7-,14-8-. The number of rotatable bonds is 0. The molecule has 2 nitrogen and oxygen atoms in total. The Labute approximate surface area is 112 Å². The minimum atomic E-state index is -0.105. The van der Waals surface area contributed by atoms with Crippen LogP contribution in [0.4, 0.5) is 0 Å². The third-order valence-corrected chi connectivity index (χ3v) is 2.75. The van der Waals surface area contributed by atoms with Crippen molar-refractivity contribution in [3.05, 3.63) is 84.1 Å². The van der Waals surface area contributed by atoms with Gasteiger partial charge in [0.1, 0.15) is 0 Å². The molecule has 2 heteroatoms. The molecule has 2 rings (SSSR count). The fourth-order valence-electron chi connectivity index (χ4n) is 1.80. The van der Waals surface area contributed by atoms with E-state index in [2.05, 4.69) is 0 Å². The highest BCUT2D eigenvalue weighted by atomic mass is 16.1. The van der Waals surface area contributed by atoms with Crippen molar-refractivity contribution in [1.82, 2.24) is 0 Å². The molecule has 0 aromatic carbocycles. The molecule has 0 radical (unpaired) electrons. The van der Waals surface area contributed by atoms with Crippen LogP contribution in [0.5, 0.6) is 0 Å². The molecule has 0 saturated heterocycles. The Morgan fingerprint density at radius 1 is 0.737 bits per heavy atom. The van der Waals surface area contributed by atoms with Gasteiger partial charge in [-0.1, -0.05) is 54.7 Å². The summed E-state index contributed by atoms with van der Waals surface area (Å²) in [6.07, 6.45) is 21.2. The fraction of sp³-hybridized carbons (Fsp3) is 0.0588. The van der Waals surface area contributed by atoms with Gasteiger partial charge in [0.25, 0.3) is 0 Å². The van der Waals surface area contributed by atoms with Gasteiger partial charge >= 0.3 is 0 Å². The van der Waals surface area contributed by atoms with Crippen LogP contribution in [0.2, 0.25) is 0 Å². The maximum atomic E-state index is 12.0. The van der Waals surface area contributed by atoms with E-state index in [0.29, 0.717) is 5.57 Å². The van der Waals surface area contributed by atoms with E-state index in [9.17, 15) is 9.59 Å². The lowest BCUT2D eigenvalue weighted by Crippen LogP contribution is -2.03. The van der Waals surface area contributed by atoms with Crippen molar-refractivity contribution in [3.63, 3.8) is 0 Å². The molecule has 0 N–H and O–H groups in total. The lowest BCUT2D eigenvalue weighted by atomic mass is 9.94. The van der Waals surface area contributed by atoms with E-state index in [1.165, 1.54) is 18.2 Å². The second kappa shape index (κ2) is 6.45. The third-order valence-electron chi connectivity index (χ3n) is 2.75. The Morgan fingerprint density at radius 3 is 2.32 bits per heavy atom. The summed E-state index contributed by atoms with van der Waals surface area (Å²) in [6.45, 7) is 0. The number of allylic oxidation sites excluding steroid dienone is 14. The van der Waals surface area contributed by atoms with Crippen molar-refractivity contribution < 1.29 is 9.59 Å². The number of ketones is 2. The quantitative estimate of drug-likeness (QED) is 0.661. The summed E-state index contributed by atoms with van der Waals surface area (Å²) < 4.78 is 0. The topological polar surface area (TPSA) is 34.1 Å².